The Morgan fingerprint density at radius 2 is 2.08 bits per heavy atom. The Kier molecular flexibility index (Phi) is 4.41. The van der Waals surface area contributed by atoms with E-state index in [1.165, 1.54) is 28.2 Å². The number of amidine groups is 1. The third-order valence-corrected chi connectivity index (χ3v) is 7.17. The molecule has 26 heavy (non-hydrogen) atoms. The van der Waals surface area contributed by atoms with Gasteiger partial charge in [0.2, 0.25) is 0 Å². The number of thioether (sulfide) groups is 1. The van der Waals surface area contributed by atoms with Crippen molar-refractivity contribution in [1.82, 2.24) is 14.6 Å². The van der Waals surface area contributed by atoms with Crippen molar-refractivity contribution >= 4 is 40.5 Å². The Bertz CT molecular complexity index is 856. The number of likely N-dealkylation sites (tertiary alicyclic amines) is 1. The lowest BCUT2D eigenvalue weighted by Crippen LogP contribution is -2.42. The van der Waals surface area contributed by atoms with Crippen LogP contribution in [0.2, 0.25) is 0 Å². The minimum absolute atomic E-state index is 0.0569. The van der Waals surface area contributed by atoms with Crippen LogP contribution in [0.15, 0.2) is 47.6 Å². The van der Waals surface area contributed by atoms with Crippen LogP contribution in [0.3, 0.4) is 0 Å². The molecule has 1 aromatic carbocycles. The van der Waals surface area contributed by atoms with Crippen molar-refractivity contribution in [1.29, 1.82) is 0 Å². The molecule has 9 heteroatoms. The number of hydrogen-bond acceptors (Lipinski definition) is 6. The van der Waals surface area contributed by atoms with E-state index in [2.05, 4.69) is 14.7 Å². The molecule has 1 aromatic heterocycles. The van der Waals surface area contributed by atoms with E-state index in [1.807, 2.05) is 12.1 Å². The summed E-state index contributed by atoms with van der Waals surface area (Å²) >= 11 is 2.80. The highest BCUT2D eigenvalue weighted by Gasteiger charge is 2.53. The van der Waals surface area contributed by atoms with E-state index in [0.717, 1.165) is 4.88 Å². The third kappa shape index (κ3) is 2.97. The average molecular weight is 388 g/mol. The molecule has 2 atom stereocenters. The molecule has 3 heterocycles. The minimum Gasteiger partial charge on any atom is -0.465 e. The first-order valence-corrected chi connectivity index (χ1v) is 9.66. The highest BCUT2D eigenvalue weighted by molar-refractivity contribution is 8.14. The topological polar surface area (TPSA) is 94.9 Å². The minimum atomic E-state index is -0.932. The SMILES string of the molecule is O=C(NC1=NC[C@H]2CN(C(=O)O)C[C@]2(c2ccns2)S1)c1ccccc1. The molecular formula is C17H16N4O3S2. The van der Waals surface area contributed by atoms with E-state index in [9.17, 15) is 14.7 Å². The lowest BCUT2D eigenvalue weighted by molar-refractivity contribution is 0.0977. The van der Waals surface area contributed by atoms with Crippen LogP contribution in [0.4, 0.5) is 4.79 Å². The van der Waals surface area contributed by atoms with E-state index in [0.29, 0.717) is 30.4 Å². The van der Waals surface area contributed by atoms with Gasteiger partial charge in [-0.05, 0) is 29.7 Å². The number of nitrogens with zero attached hydrogens (tertiary/aromatic N) is 3. The molecular weight excluding hydrogens is 372 g/mol. The smallest absolute Gasteiger partial charge is 0.407 e. The zero-order valence-electron chi connectivity index (χ0n) is 13.7. The van der Waals surface area contributed by atoms with Crippen LogP contribution in [-0.2, 0) is 4.75 Å². The van der Waals surface area contributed by atoms with Crippen LogP contribution in [0.25, 0.3) is 0 Å². The second-order valence-electron chi connectivity index (χ2n) is 6.19. The van der Waals surface area contributed by atoms with Gasteiger partial charge in [-0.25, -0.2) is 9.17 Å². The maximum atomic E-state index is 12.4. The zero-order chi connectivity index (χ0) is 18.1. The first kappa shape index (κ1) is 17.0. The summed E-state index contributed by atoms with van der Waals surface area (Å²) in [7, 11) is 0. The molecule has 1 fully saturated rings. The predicted molar refractivity (Wildman–Crippen MR) is 101 cm³/mol. The highest BCUT2D eigenvalue weighted by Crippen LogP contribution is 2.51. The fourth-order valence-electron chi connectivity index (χ4n) is 3.34. The number of carbonyl (C=O) groups excluding carboxylic acids is 1. The normalized spacial score (nSPS) is 24.7. The number of hydrogen-bond donors (Lipinski definition) is 2. The Labute approximate surface area is 158 Å². The van der Waals surface area contributed by atoms with Crippen LogP contribution in [0, 0.1) is 5.92 Å². The maximum Gasteiger partial charge on any atom is 0.407 e. The van der Waals surface area contributed by atoms with Gasteiger partial charge in [-0.1, -0.05) is 30.0 Å². The van der Waals surface area contributed by atoms with Crippen LogP contribution in [-0.4, -0.2) is 51.2 Å². The third-order valence-electron chi connectivity index (χ3n) is 4.64. The van der Waals surface area contributed by atoms with E-state index in [1.54, 1.807) is 30.5 Å². The number of amides is 2. The van der Waals surface area contributed by atoms with Crippen molar-refractivity contribution in [2.45, 2.75) is 4.75 Å². The number of rotatable bonds is 2. The number of aromatic nitrogens is 1. The van der Waals surface area contributed by atoms with Crippen LogP contribution < -0.4 is 5.32 Å². The van der Waals surface area contributed by atoms with E-state index in [4.69, 9.17) is 0 Å². The van der Waals surface area contributed by atoms with Gasteiger partial charge >= 0.3 is 6.09 Å². The summed E-state index contributed by atoms with van der Waals surface area (Å²) in [6.07, 6.45) is 0.794. The number of carbonyl (C=O) groups is 2. The number of carboxylic acid groups (broad SMARTS) is 1. The second-order valence-corrected chi connectivity index (χ2v) is 8.35. The van der Waals surface area contributed by atoms with Crippen LogP contribution >= 0.6 is 23.3 Å². The van der Waals surface area contributed by atoms with Gasteiger partial charge in [0.15, 0.2) is 5.17 Å². The quantitative estimate of drug-likeness (QED) is 0.824. The molecule has 0 spiro atoms. The summed E-state index contributed by atoms with van der Waals surface area (Å²) in [5.74, 6) is -0.163. The molecule has 0 saturated carbocycles. The molecule has 1 saturated heterocycles. The van der Waals surface area contributed by atoms with E-state index < -0.39 is 10.8 Å². The highest BCUT2D eigenvalue weighted by atomic mass is 32.2. The van der Waals surface area contributed by atoms with E-state index in [-0.39, 0.29) is 11.8 Å². The first-order valence-electron chi connectivity index (χ1n) is 8.07. The molecule has 0 radical (unpaired) electrons. The Hall–Kier alpha value is -2.39. The number of fused-ring (bicyclic) bond motifs is 1. The van der Waals surface area contributed by atoms with Gasteiger partial charge in [0.1, 0.15) is 0 Å². The molecule has 2 aromatic rings. The fourth-order valence-corrected chi connectivity index (χ4v) is 5.65. The monoisotopic (exact) mass is 388 g/mol. The summed E-state index contributed by atoms with van der Waals surface area (Å²) in [6, 6.07) is 10.9. The standard InChI is InChI=1S/C17H16N4O3S2/c22-14(11-4-2-1-3-5-11)20-15-18-8-12-9-21(16(23)24)10-17(12,25-15)13-6-7-19-26-13/h1-7,12H,8-10H2,(H,23,24)(H,18,20,22)/t12-,17-/m0/s1. The average Bonchev–Trinajstić information content (AvgIpc) is 3.30. The van der Waals surface area contributed by atoms with Gasteiger partial charge in [-0.2, -0.15) is 0 Å². The Morgan fingerprint density at radius 1 is 1.27 bits per heavy atom. The van der Waals surface area contributed by atoms with E-state index >= 15 is 0 Å². The largest absolute Gasteiger partial charge is 0.465 e. The fraction of sp³-hybridized carbons (Fsp3) is 0.294. The molecule has 2 amide bonds. The molecule has 0 unspecified atom stereocenters. The van der Waals surface area contributed by atoms with Crippen molar-refractivity contribution in [3.63, 3.8) is 0 Å². The molecule has 4 rings (SSSR count). The van der Waals surface area contributed by atoms with Crippen molar-refractivity contribution in [2.24, 2.45) is 10.9 Å². The van der Waals surface area contributed by atoms with Gasteiger partial charge in [-0.15, -0.1) is 0 Å². The van der Waals surface area contributed by atoms with Gasteiger partial charge in [-0.3, -0.25) is 9.79 Å². The zero-order valence-corrected chi connectivity index (χ0v) is 15.3. The molecule has 0 bridgehead atoms. The number of aliphatic imine (C=N–C) groups is 1. The van der Waals surface area contributed by atoms with Gasteiger partial charge in [0.25, 0.3) is 5.91 Å². The van der Waals surface area contributed by atoms with Crippen molar-refractivity contribution in [2.75, 3.05) is 19.6 Å². The molecule has 7 nitrogen and oxygen atoms in total. The summed E-state index contributed by atoms with van der Waals surface area (Å²) < 4.78 is 3.73. The molecule has 134 valence electrons. The summed E-state index contributed by atoms with van der Waals surface area (Å²) in [4.78, 5) is 30.9. The number of nitrogens with one attached hydrogen (secondary N) is 1. The van der Waals surface area contributed by atoms with Gasteiger partial charge in [0, 0.05) is 42.2 Å². The molecule has 2 N–H and O–H groups in total. The van der Waals surface area contributed by atoms with Gasteiger partial charge in [0.05, 0.1) is 4.75 Å². The molecule has 0 aliphatic carbocycles. The number of benzene rings is 1. The molecule has 2 aliphatic rings. The lowest BCUT2D eigenvalue weighted by Gasteiger charge is -2.35. The van der Waals surface area contributed by atoms with Crippen LogP contribution in [0.1, 0.15) is 15.2 Å². The van der Waals surface area contributed by atoms with Crippen LogP contribution in [0.5, 0.6) is 0 Å². The van der Waals surface area contributed by atoms with Gasteiger partial charge < -0.3 is 15.3 Å². The van der Waals surface area contributed by atoms with Crippen molar-refractivity contribution < 1.29 is 14.7 Å². The lowest BCUT2D eigenvalue weighted by atomic mass is 9.93. The summed E-state index contributed by atoms with van der Waals surface area (Å²) in [6.45, 7) is 1.27. The predicted octanol–water partition coefficient (Wildman–Crippen LogP) is 2.48. The second kappa shape index (κ2) is 6.73. The Morgan fingerprint density at radius 3 is 2.77 bits per heavy atom. The molecule has 2 aliphatic heterocycles. The summed E-state index contributed by atoms with van der Waals surface area (Å²) in [5.41, 5.74) is 0.559. The Balaban J connectivity index is 1.59. The first-order chi connectivity index (χ1) is 12.6. The van der Waals surface area contributed by atoms with Crippen molar-refractivity contribution in [3.05, 3.63) is 53.0 Å². The maximum absolute atomic E-state index is 12.4. The van der Waals surface area contributed by atoms with Crippen molar-refractivity contribution in [3.8, 4) is 0 Å². The summed E-state index contributed by atoms with van der Waals surface area (Å²) in [5, 5.41) is 12.8.